The molecule has 1 aliphatic carbocycles. The number of anilines is 1. The van der Waals surface area contributed by atoms with Crippen molar-refractivity contribution in [2.45, 2.75) is 45.6 Å². The molecular weight excluding hydrogens is 290 g/mol. The number of carbonyl (C=O) groups excluding carboxylic acids is 2. The average molecular weight is 313 g/mol. The smallest absolute Gasteiger partial charge is 0.270 e. The van der Waals surface area contributed by atoms with Crippen LogP contribution in [-0.2, 0) is 9.59 Å². The topological polar surface area (TPSA) is 53.0 Å². The van der Waals surface area contributed by atoms with Crippen molar-refractivity contribution in [1.29, 1.82) is 0 Å². The number of hydrogen-bond donors (Lipinski definition) is 0. The molecule has 0 spiro atoms. The number of hydrazone groups is 1. The van der Waals surface area contributed by atoms with E-state index in [0.717, 1.165) is 19.4 Å². The van der Waals surface area contributed by atoms with Crippen molar-refractivity contribution in [1.82, 2.24) is 4.90 Å². The highest BCUT2D eigenvalue weighted by Gasteiger charge is 2.36. The lowest BCUT2D eigenvalue weighted by Gasteiger charge is -2.28. The van der Waals surface area contributed by atoms with Crippen LogP contribution in [0.1, 0.15) is 39.5 Å². The van der Waals surface area contributed by atoms with Crippen molar-refractivity contribution in [3.8, 4) is 0 Å². The van der Waals surface area contributed by atoms with Crippen LogP contribution in [0.3, 0.4) is 0 Å². The number of benzene rings is 1. The van der Waals surface area contributed by atoms with Crippen molar-refractivity contribution in [2.24, 2.45) is 11.0 Å². The quantitative estimate of drug-likeness (QED) is 0.839. The first-order valence-corrected chi connectivity index (χ1v) is 8.32. The van der Waals surface area contributed by atoms with Gasteiger partial charge in [-0.2, -0.15) is 5.10 Å². The highest BCUT2D eigenvalue weighted by Crippen LogP contribution is 2.29. The Labute approximate surface area is 137 Å². The summed E-state index contributed by atoms with van der Waals surface area (Å²) in [6, 6.07) is 9.65. The van der Waals surface area contributed by atoms with Crippen LogP contribution in [-0.4, -0.2) is 35.0 Å². The summed E-state index contributed by atoms with van der Waals surface area (Å²) in [7, 11) is 0. The van der Waals surface area contributed by atoms with Gasteiger partial charge in [0.1, 0.15) is 5.71 Å². The van der Waals surface area contributed by atoms with Gasteiger partial charge in [-0.15, -0.1) is 0 Å². The van der Waals surface area contributed by atoms with Crippen molar-refractivity contribution in [3.05, 3.63) is 30.3 Å². The summed E-state index contributed by atoms with van der Waals surface area (Å²) < 4.78 is 0. The zero-order valence-electron chi connectivity index (χ0n) is 13.7. The number of hydrogen-bond acceptors (Lipinski definition) is 3. The first-order valence-electron chi connectivity index (χ1n) is 8.32. The van der Waals surface area contributed by atoms with E-state index >= 15 is 0 Å². The maximum atomic E-state index is 12.9. The van der Waals surface area contributed by atoms with Crippen LogP contribution in [0.25, 0.3) is 0 Å². The predicted molar refractivity (Wildman–Crippen MR) is 90.2 cm³/mol. The highest BCUT2D eigenvalue weighted by molar-refractivity contribution is 6.40. The number of rotatable bonds is 5. The molecule has 1 aromatic rings. The molecule has 1 fully saturated rings. The third kappa shape index (κ3) is 3.60. The van der Waals surface area contributed by atoms with Gasteiger partial charge in [-0.3, -0.25) is 9.59 Å². The number of nitrogens with zero attached hydrogens (tertiary/aromatic N) is 3. The van der Waals surface area contributed by atoms with E-state index in [1.165, 1.54) is 5.01 Å². The van der Waals surface area contributed by atoms with E-state index in [1.807, 2.05) is 35.2 Å². The normalized spacial score (nSPS) is 18.1. The molecule has 122 valence electrons. The maximum absolute atomic E-state index is 12.9. The average Bonchev–Trinajstić information content (AvgIpc) is 3.38. The van der Waals surface area contributed by atoms with Crippen LogP contribution in [0.4, 0.5) is 5.69 Å². The minimum absolute atomic E-state index is 0.00497. The second kappa shape index (κ2) is 6.52. The predicted octanol–water partition coefficient (Wildman–Crippen LogP) is 2.82. The SMILES string of the molecule is CC(C)CN(C(=O)C1=NN(c2ccccc2)C(=O)CC1)C1CC1. The van der Waals surface area contributed by atoms with Crippen molar-refractivity contribution in [2.75, 3.05) is 11.6 Å². The van der Waals surface area contributed by atoms with E-state index < -0.39 is 0 Å². The lowest BCUT2D eigenvalue weighted by atomic mass is 10.1. The van der Waals surface area contributed by atoms with E-state index in [9.17, 15) is 9.59 Å². The van der Waals surface area contributed by atoms with Crippen LogP contribution in [0.5, 0.6) is 0 Å². The third-order valence-electron chi connectivity index (χ3n) is 4.09. The molecule has 0 N–H and O–H groups in total. The van der Waals surface area contributed by atoms with Gasteiger partial charge in [-0.05, 0) is 30.9 Å². The van der Waals surface area contributed by atoms with Crippen LogP contribution in [0.2, 0.25) is 0 Å². The summed E-state index contributed by atoms with van der Waals surface area (Å²) in [6.07, 6.45) is 2.92. The molecule has 5 nitrogen and oxygen atoms in total. The zero-order chi connectivity index (χ0) is 16.4. The monoisotopic (exact) mass is 313 g/mol. The Bertz CT molecular complexity index is 620. The first-order chi connectivity index (χ1) is 11.1. The summed E-state index contributed by atoms with van der Waals surface area (Å²) in [5.41, 5.74) is 1.21. The van der Waals surface area contributed by atoms with Crippen molar-refractivity contribution in [3.63, 3.8) is 0 Å². The van der Waals surface area contributed by atoms with Gasteiger partial charge < -0.3 is 4.90 Å². The molecule has 1 aromatic carbocycles. The molecule has 1 heterocycles. The molecule has 0 unspecified atom stereocenters. The summed E-state index contributed by atoms with van der Waals surface area (Å²) in [6.45, 7) is 4.98. The van der Waals surface area contributed by atoms with Gasteiger partial charge in [0.15, 0.2) is 0 Å². The fourth-order valence-corrected chi connectivity index (χ4v) is 2.82. The minimum atomic E-state index is -0.0606. The number of para-hydroxylation sites is 1. The molecule has 2 aliphatic rings. The summed E-state index contributed by atoms with van der Waals surface area (Å²) >= 11 is 0. The summed E-state index contributed by atoms with van der Waals surface area (Å²) in [5.74, 6) is 0.361. The third-order valence-corrected chi connectivity index (χ3v) is 4.09. The van der Waals surface area contributed by atoms with Gasteiger partial charge >= 0.3 is 0 Å². The molecule has 2 amide bonds. The maximum Gasteiger partial charge on any atom is 0.270 e. The van der Waals surface area contributed by atoms with E-state index in [2.05, 4.69) is 18.9 Å². The Morgan fingerprint density at radius 2 is 1.96 bits per heavy atom. The van der Waals surface area contributed by atoms with Gasteiger partial charge in [0.05, 0.1) is 5.69 Å². The summed E-state index contributed by atoms with van der Waals surface area (Å²) in [5, 5.41) is 5.75. The Morgan fingerprint density at radius 1 is 1.26 bits per heavy atom. The Kier molecular flexibility index (Phi) is 4.46. The molecular formula is C18H23N3O2. The fourth-order valence-electron chi connectivity index (χ4n) is 2.82. The van der Waals surface area contributed by atoms with Gasteiger partial charge in [0.25, 0.3) is 5.91 Å². The van der Waals surface area contributed by atoms with Crippen molar-refractivity contribution < 1.29 is 9.59 Å². The Hall–Kier alpha value is -2.17. The standard InChI is InChI=1S/C18H23N3O2/c1-13(2)12-20(14-8-9-14)18(23)16-10-11-17(22)21(19-16)15-6-4-3-5-7-15/h3-7,13-14H,8-12H2,1-2H3. The Balaban J connectivity index is 1.83. The minimum Gasteiger partial charge on any atom is -0.334 e. The van der Waals surface area contributed by atoms with Crippen LogP contribution < -0.4 is 5.01 Å². The fraction of sp³-hybridized carbons (Fsp3) is 0.500. The van der Waals surface area contributed by atoms with Crippen LogP contribution in [0, 0.1) is 5.92 Å². The van der Waals surface area contributed by atoms with Crippen molar-refractivity contribution >= 4 is 23.2 Å². The van der Waals surface area contributed by atoms with E-state index in [-0.39, 0.29) is 11.8 Å². The lowest BCUT2D eigenvalue weighted by molar-refractivity contribution is -0.125. The second-order valence-corrected chi connectivity index (χ2v) is 6.67. The summed E-state index contributed by atoms with van der Waals surface area (Å²) in [4.78, 5) is 27.0. The molecule has 1 aliphatic heterocycles. The molecule has 0 aromatic heterocycles. The van der Waals surface area contributed by atoms with Gasteiger partial charge in [-0.25, -0.2) is 5.01 Å². The second-order valence-electron chi connectivity index (χ2n) is 6.67. The van der Waals surface area contributed by atoms with Gasteiger partial charge in [0.2, 0.25) is 5.91 Å². The molecule has 0 atom stereocenters. The van der Waals surface area contributed by atoms with Crippen LogP contribution >= 0.6 is 0 Å². The molecule has 0 bridgehead atoms. The highest BCUT2D eigenvalue weighted by atomic mass is 16.2. The van der Waals surface area contributed by atoms with Crippen LogP contribution in [0.15, 0.2) is 35.4 Å². The van der Waals surface area contributed by atoms with E-state index in [0.29, 0.717) is 36.2 Å². The first kappa shape index (κ1) is 15.7. The number of amides is 2. The number of carbonyl (C=O) groups is 2. The molecule has 0 saturated heterocycles. The molecule has 3 rings (SSSR count). The van der Waals surface area contributed by atoms with E-state index in [1.54, 1.807) is 0 Å². The lowest BCUT2D eigenvalue weighted by Crippen LogP contribution is -2.44. The Morgan fingerprint density at radius 3 is 2.57 bits per heavy atom. The molecule has 0 radical (unpaired) electrons. The van der Waals surface area contributed by atoms with E-state index in [4.69, 9.17) is 0 Å². The van der Waals surface area contributed by atoms with Gasteiger partial charge in [0, 0.05) is 25.4 Å². The molecule has 1 saturated carbocycles. The molecule has 23 heavy (non-hydrogen) atoms. The molecule has 5 heteroatoms. The zero-order valence-corrected chi connectivity index (χ0v) is 13.7. The largest absolute Gasteiger partial charge is 0.334 e. The van der Waals surface area contributed by atoms with Gasteiger partial charge in [-0.1, -0.05) is 32.0 Å².